The number of carbonyl (C=O) groups excluding carboxylic acids is 1. The van der Waals surface area contributed by atoms with E-state index in [-0.39, 0.29) is 5.97 Å². The van der Waals surface area contributed by atoms with Gasteiger partial charge in [-0.1, -0.05) is 49.4 Å². The Kier molecular flexibility index (Phi) is 6.49. The second kappa shape index (κ2) is 8.34. The number of allylic oxidation sites excluding steroid dienone is 1. The highest BCUT2D eigenvalue weighted by Crippen LogP contribution is 2.01. The molecule has 1 aromatic carbocycles. The highest BCUT2D eigenvalue weighted by atomic mass is 16.5. The summed E-state index contributed by atoms with van der Waals surface area (Å²) >= 11 is 0. The van der Waals surface area contributed by atoms with Crippen molar-refractivity contribution in [2.45, 2.75) is 19.8 Å². The third-order valence-corrected chi connectivity index (χ3v) is 2.14. The molecular formula is C15H18O2. The first-order valence-corrected chi connectivity index (χ1v) is 5.88. The first-order chi connectivity index (χ1) is 8.33. The quantitative estimate of drug-likeness (QED) is 0.323. The second-order valence-corrected chi connectivity index (χ2v) is 3.58. The van der Waals surface area contributed by atoms with Gasteiger partial charge in [0.25, 0.3) is 0 Å². The summed E-state index contributed by atoms with van der Waals surface area (Å²) in [6.07, 6.45) is 9.09. The van der Waals surface area contributed by atoms with Crippen LogP contribution in [0.3, 0.4) is 0 Å². The monoisotopic (exact) mass is 230 g/mol. The lowest BCUT2D eigenvalue weighted by molar-refractivity contribution is -0.137. The van der Waals surface area contributed by atoms with Crippen LogP contribution in [0.1, 0.15) is 25.3 Å². The molecule has 2 heteroatoms. The lowest BCUT2D eigenvalue weighted by atomic mass is 10.2. The summed E-state index contributed by atoms with van der Waals surface area (Å²) in [4.78, 5) is 11.3. The van der Waals surface area contributed by atoms with Gasteiger partial charge in [-0.15, -0.1) is 0 Å². The Morgan fingerprint density at radius 1 is 1.24 bits per heavy atom. The minimum atomic E-state index is -0.293. The molecule has 0 radical (unpaired) electrons. The molecule has 1 rings (SSSR count). The second-order valence-electron chi connectivity index (χ2n) is 3.58. The van der Waals surface area contributed by atoms with E-state index in [4.69, 9.17) is 4.74 Å². The summed E-state index contributed by atoms with van der Waals surface area (Å²) in [7, 11) is 0. The van der Waals surface area contributed by atoms with Crippen LogP contribution in [0.4, 0.5) is 0 Å². The minimum Gasteiger partial charge on any atom is -0.462 e. The molecule has 2 nitrogen and oxygen atoms in total. The van der Waals surface area contributed by atoms with Gasteiger partial charge in [0, 0.05) is 6.08 Å². The van der Waals surface area contributed by atoms with Gasteiger partial charge in [-0.2, -0.15) is 0 Å². The summed E-state index contributed by atoms with van der Waals surface area (Å²) in [6, 6.07) is 9.68. The summed E-state index contributed by atoms with van der Waals surface area (Å²) in [5, 5.41) is 0. The SMILES string of the molecule is CC/C=C\CCOC(=O)C=Cc1ccccc1. The van der Waals surface area contributed by atoms with Crippen molar-refractivity contribution in [1.82, 2.24) is 0 Å². The fraction of sp³-hybridized carbons (Fsp3) is 0.267. The van der Waals surface area contributed by atoms with Gasteiger partial charge >= 0.3 is 5.97 Å². The van der Waals surface area contributed by atoms with Crippen LogP contribution in [0, 0.1) is 0 Å². The molecule has 0 N–H and O–H groups in total. The van der Waals surface area contributed by atoms with E-state index in [0.717, 1.165) is 18.4 Å². The molecule has 0 spiro atoms. The largest absolute Gasteiger partial charge is 0.462 e. The Bertz CT molecular complexity index is 377. The molecule has 17 heavy (non-hydrogen) atoms. The van der Waals surface area contributed by atoms with Gasteiger partial charge in [-0.05, 0) is 24.5 Å². The van der Waals surface area contributed by atoms with Gasteiger partial charge in [0.1, 0.15) is 0 Å². The molecule has 90 valence electrons. The lowest BCUT2D eigenvalue weighted by Crippen LogP contribution is -2.01. The molecule has 0 aliphatic carbocycles. The Morgan fingerprint density at radius 3 is 2.71 bits per heavy atom. The van der Waals surface area contributed by atoms with Gasteiger partial charge in [0.2, 0.25) is 0 Å². The summed E-state index contributed by atoms with van der Waals surface area (Å²) < 4.78 is 5.03. The first-order valence-electron chi connectivity index (χ1n) is 5.88. The molecule has 0 aliphatic heterocycles. The molecule has 0 aromatic heterocycles. The Morgan fingerprint density at radius 2 is 2.00 bits per heavy atom. The van der Waals surface area contributed by atoms with Crippen LogP contribution in [0.5, 0.6) is 0 Å². The van der Waals surface area contributed by atoms with Gasteiger partial charge in [0.05, 0.1) is 6.61 Å². The highest BCUT2D eigenvalue weighted by Gasteiger charge is 1.94. The van der Waals surface area contributed by atoms with Crippen molar-refractivity contribution < 1.29 is 9.53 Å². The molecule has 0 aliphatic rings. The number of esters is 1. The molecule has 0 heterocycles. The van der Waals surface area contributed by atoms with E-state index in [1.807, 2.05) is 36.4 Å². The van der Waals surface area contributed by atoms with E-state index in [0.29, 0.717) is 6.61 Å². The maximum absolute atomic E-state index is 11.3. The van der Waals surface area contributed by atoms with Gasteiger partial charge in [-0.3, -0.25) is 0 Å². The molecule has 0 saturated carbocycles. The maximum atomic E-state index is 11.3. The van der Waals surface area contributed by atoms with E-state index < -0.39 is 0 Å². The number of benzene rings is 1. The van der Waals surface area contributed by atoms with Crippen molar-refractivity contribution in [3.63, 3.8) is 0 Å². The van der Waals surface area contributed by atoms with Crippen LogP contribution in [0.15, 0.2) is 48.6 Å². The summed E-state index contributed by atoms with van der Waals surface area (Å²) in [6.45, 7) is 2.51. The Labute approximate surface area is 103 Å². The van der Waals surface area contributed by atoms with Crippen molar-refractivity contribution in [3.8, 4) is 0 Å². The zero-order valence-electron chi connectivity index (χ0n) is 10.1. The first kappa shape index (κ1) is 13.2. The van der Waals surface area contributed by atoms with E-state index in [2.05, 4.69) is 13.0 Å². The van der Waals surface area contributed by atoms with Crippen LogP contribution in [-0.2, 0) is 9.53 Å². The van der Waals surface area contributed by atoms with E-state index in [1.54, 1.807) is 6.08 Å². The average Bonchev–Trinajstić information content (AvgIpc) is 2.37. The zero-order chi connectivity index (χ0) is 12.3. The maximum Gasteiger partial charge on any atom is 0.330 e. The number of hydrogen-bond acceptors (Lipinski definition) is 2. The normalized spacial score (nSPS) is 11.1. The van der Waals surface area contributed by atoms with Crippen LogP contribution in [0.2, 0.25) is 0 Å². The molecule has 0 fully saturated rings. The van der Waals surface area contributed by atoms with Gasteiger partial charge in [-0.25, -0.2) is 4.79 Å². The number of ether oxygens (including phenoxy) is 1. The highest BCUT2D eigenvalue weighted by molar-refractivity contribution is 5.86. The predicted octanol–water partition coefficient (Wildman–Crippen LogP) is 3.60. The van der Waals surface area contributed by atoms with Gasteiger partial charge in [0.15, 0.2) is 0 Å². The minimum absolute atomic E-state index is 0.293. The Balaban J connectivity index is 2.25. The zero-order valence-corrected chi connectivity index (χ0v) is 10.1. The predicted molar refractivity (Wildman–Crippen MR) is 70.5 cm³/mol. The number of carbonyl (C=O) groups is 1. The van der Waals surface area contributed by atoms with E-state index in [1.165, 1.54) is 6.08 Å². The fourth-order valence-corrected chi connectivity index (χ4v) is 1.29. The Hall–Kier alpha value is -1.83. The molecule has 0 atom stereocenters. The topological polar surface area (TPSA) is 26.3 Å². The van der Waals surface area contributed by atoms with Crippen LogP contribution in [-0.4, -0.2) is 12.6 Å². The molecular weight excluding hydrogens is 212 g/mol. The molecule has 1 aromatic rings. The summed E-state index contributed by atoms with van der Waals surface area (Å²) in [5.74, 6) is -0.293. The molecule has 0 saturated heterocycles. The third-order valence-electron chi connectivity index (χ3n) is 2.14. The van der Waals surface area contributed by atoms with Crippen molar-refractivity contribution >= 4 is 12.0 Å². The third kappa shape index (κ3) is 6.36. The van der Waals surface area contributed by atoms with E-state index in [9.17, 15) is 4.79 Å². The molecule has 0 bridgehead atoms. The number of hydrogen-bond donors (Lipinski definition) is 0. The fourth-order valence-electron chi connectivity index (χ4n) is 1.29. The van der Waals surface area contributed by atoms with E-state index >= 15 is 0 Å². The van der Waals surface area contributed by atoms with Crippen molar-refractivity contribution in [3.05, 3.63) is 54.1 Å². The average molecular weight is 230 g/mol. The summed E-state index contributed by atoms with van der Waals surface area (Å²) in [5.41, 5.74) is 0.996. The lowest BCUT2D eigenvalue weighted by Gasteiger charge is -1.98. The van der Waals surface area contributed by atoms with Crippen molar-refractivity contribution in [1.29, 1.82) is 0 Å². The van der Waals surface area contributed by atoms with Crippen LogP contribution in [0.25, 0.3) is 6.08 Å². The van der Waals surface area contributed by atoms with Crippen LogP contribution >= 0.6 is 0 Å². The van der Waals surface area contributed by atoms with Gasteiger partial charge < -0.3 is 4.74 Å². The van der Waals surface area contributed by atoms with Crippen molar-refractivity contribution in [2.24, 2.45) is 0 Å². The smallest absolute Gasteiger partial charge is 0.330 e. The number of rotatable bonds is 6. The van der Waals surface area contributed by atoms with Crippen LogP contribution < -0.4 is 0 Å². The standard InChI is InChI=1S/C15H18O2/c1-2-3-4-8-13-17-15(16)12-11-14-9-6-5-7-10-14/h3-7,9-12H,2,8,13H2,1H3/b4-3-,12-11?. The molecule has 0 amide bonds. The van der Waals surface area contributed by atoms with Crippen molar-refractivity contribution in [2.75, 3.05) is 6.61 Å². The molecule has 0 unspecified atom stereocenters.